The minimum atomic E-state index is 0.312. The second-order valence-electron chi connectivity index (χ2n) is 5.88. The number of nitrogens with one attached hydrogen (secondary N) is 1. The Balaban J connectivity index is 2.36. The normalized spacial score (nSPS) is 24.0. The zero-order chi connectivity index (χ0) is 14.5. The molecule has 0 radical (unpaired) electrons. The summed E-state index contributed by atoms with van der Waals surface area (Å²) in [6, 6.07) is 7.29. The number of aryl methyl sites for hydroxylation is 2. The highest BCUT2D eigenvalue weighted by molar-refractivity contribution is 5.35. The fourth-order valence-electron chi connectivity index (χ4n) is 3.24. The van der Waals surface area contributed by atoms with E-state index in [9.17, 15) is 0 Å². The third-order valence-corrected chi connectivity index (χ3v) is 4.53. The van der Waals surface area contributed by atoms with Gasteiger partial charge >= 0.3 is 0 Å². The van der Waals surface area contributed by atoms with Crippen LogP contribution in [0.3, 0.4) is 0 Å². The van der Waals surface area contributed by atoms with Crippen molar-refractivity contribution in [2.45, 2.75) is 59.1 Å². The van der Waals surface area contributed by atoms with E-state index in [1.54, 1.807) is 0 Å². The van der Waals surface area contributed by atoms with E-state index in [-0.39, 0.29) is 0 Å². The largest absolute Gasteiger partial charge is 0.376 e. The van der Waals surface area contributed by atoms with Gasteiger partial charge < -0.3 is 10.1 Å². The van der Waals surface area contributed by atoms with Crippen molar-refractivity contribution in [1.29, 1.82) is 0 Å². The lowest BCUT2D eigenvalue weighted by Gasteiger charge is -2.29. The highest BCUT2D eigenvalue weighted by atomic mass is 16.5. The van der Waals surface area contributed by atoms with Crippen LogP contribution in [-0.4, -0.2) is 19.3 Å². The first kappa shape index (κ1) is 15.5. The molecule has 2 rings (SSSR count). The molecule has 2 heteroatoms. The van der Waals surface area contributed by atoms with Crippen molar-refractivity contribution < 1.29 is 4.74 Å². The van der Waals surface area contributed by atoms with Crippen LogP contribution in [0, 0.1) is 5.92 Å². The smallest absolute Gasteiger partial charge is 0.0796 e. The van der Waals surface area contributed by atoms with E-state index in [1.807, 2.05) is 0 Å². The molecule has 0 saturated carbocycles. The number of rotatable bonds is 6. The van der Waals surface area contributed by atoms with E-state index in [1.165, 1.54) is 23.1 Å². The van der Waals surface area contributed by atoms with Gasteiger partial charge in [-0.15, -0.1) is 0 Å². The van der Waals surface area contributed by atoms with Crippen LogP contribution in [0.4, 0.5) is 0 Å². The molecule has 0 aromatic heterocycles. The first-order valence-electron chi connectivity index (χ1n) is 8.17. The Hall–Kier alpha value is -0.860. The van der Waals surface area contributed by atoms with Gasteiger partial charge in [0.15, 0.2) is 0 Å². The van der Waals surface area contributed by atoms with Crippen LogP contribution in [0.2, 0.25) is 0 Å². The second-order valence-corrected chi connectivity index (χ2v) is 5.88. The summed E-state index contributed by atoms with van der Waals surface area (Å²) >= 11 is 0. The molecule has 1 fully saturated rings. The van der Waals surface area contributed by atoms with Gasteiger partial charge in [-0.3, -0.25) is 0 Å². The third kappa shape index (κ3) is 3.24. The van der Waals surface area contributed by atoms with Gasteiger partial charge in [0, 0.05) is 6.61 Å². The SMILES string of the molecule is CCNC(c1cc(CC)ccc1CC)C1OCCC1C. The average Bonchev–Trinajstić information content (AvgIpc) is 2.90. The average molecular weight is 275 g/mol. The summed E-state index contributed by atoms with van der Waals surface area (Å²) in [5.41, 5.74) is 4.33. The molecular formula is C18H29NO. The molecule has 1 heterocycles. The van der Waals surface area contributed by atoms with Crippen molar-refractivity contribution in [2.75, 3.05) is 13.2 Å². The molecular weight excluding hydrogens is 246 g/mol. The van der Waals surface area contributed by atoms with Crippen LogP contribution >= 0.6 is 0 Å². The molecule has 1 aliphatic heterocycles. The molecule has 2 nitrogen and oxygen atoms in total. The summed E-state index contributed by atoms with van der Waals surface area (Å²) < 4.78 is 6.04. The Bertz CT molecular complexity index is 429. The molecule has 1 aliphatic rings. The predicted molar refractivity (Wildman–Crippen MR) is 85.1 cm³/mol. The third-order valence-electron chi connectivity index (χ3n) is 4.53. The van der Waals surface area contributed by atoms with E-state index in [0.717, 1.165) is 26.0 Å². The van der Waals surface area contributed by atoms with Gasteiger partial charge in [0.2, 0.25) is 0 Å². The maximum absolute atomic E-state index is 6.04. The zero-order valence-corrected chi connectivity index (χ0v) is 13.4. The van der Waals surface area contributed by atoms with Crippen molar-refractivity contribution in [2.24, 2.45) is 5.92 Å². The standard InChI is InChI=1S/C18H29NO/c1-5-14-8-9-15(6-2)16(12-14)17(19-7-3)18-13(4)10-11-20-18/h8-9,12-13,17-19H,5-7,10-11H2,1-4H3. The van der Waals surface area contributed by atoms with Crippen LogP contribution in [-0.2, 0) is 17.6 Å². The molecule has 20 heavy (non-hydrogen) atoms. The number of hydrogen-bond donors (Lipinski definition) is 1. The maximum atomic E-state index is 6.04. The quantitative estimate of drug-likeness (QED) is 0.850. The molecule has 3 unspecified atom stereocenters. The van der Waals surface area contributed by atoms with E-state index >= 15 is 0 Å². The number of benzene rings is 1. The second kappa shape index (κ2) is 7.24. The van der Waals surface area contributed by atoms with Gasteiger partial charge in [-0.1, -0.05) is 45.9 Å². The molecule has 1 saturated heterocycles. The lowest BCUT2D eigenvalue weighted by atomic mass is 9.88. The molecule has 0 aliphatic carbocycles. The molecule has 1 N–H and O–H groups in total. The van der Waals surface area contributed by atoms with E-state index in [0.29, 0.717) is 18.1 Å². The number of hydrogen-bond acceptors (Lipinski definition) is 2. The van der Waals surface area contributed by atoms with Gasteiger partial charge in [0.25, 0.3) is 0 Å². The summed E-state index contributed by atoms with van der Waals surface area (Å²) in [7, 11) is 0. The van der Waals surface area contributed by atoms with Crippen molar-refractivity contribution >= 4 is 0 Å². The van der Waals surface area contributed by atoms with Crippen molar-refractivity contribution in [3.8, 4) is 0 Å². The van der Waals surface area contributed by atoms with Crippen LogP contribution in [0.15, 0.2) is 18.2 Å². The van der Waals surface area contributed by atoms with Crippen molar-refractivity contribution in [3.05, 3.63) is 34.9 Å². The molecule has 1 aromatic rings. The van der Waals surface area contributed by atoms with Crippen LogP contribution in [0.1, 0.15) is 56.8 Å². The van der Waals surface area contributed by atoms with Gasteiger partial charge in [0.1, 0.15) is 0 Å². The van der Waals surface area contributed by atoms with E-state index in [2.05, 4.69) is 51.2 Å². The number of ether oxygens (including phenoxy) is 1. The Morgan fingerprint density at radius 2 is 2.05 bits per heavy atom. The Labute approximate surface area is 123 Å². The molecule has 0 bridgehead atoms. The summed E-state index contributed by atoms with van der Waals surface area (Å²) in [6.07, 6.45) is 3.67. The fraction of sp³-hybridized carbons (Fsp3) is 0.667. The minimum Gasteiger partial charge on any atom is -0.376 e. The Kier molecular flexibility index (Phi) is 5.62. The molecule has 112 valence electrons. The molecule has 3 atom stereocenters. The number of likely N-dealkylation sites (N-methyl/N-ethyl adjacent to an activating group) is 1. The Morgan fingerprint density at radius 1 is 1.25 bits per heavy atom. The molecule has 0 amide bonds. The lowest BCUT2D eigenvalue weighted by Crippen LogP contribution is -2.35. The summed E-state index contributed by atoms with van der Waals surface area (Å²) in [5.74, 6) is 0.633. The summed E-state index contributed by atoms with van der Waals surface area (Å²) in [4.78, 5) is 0. The Morgan fingerprint density at radius 3 is 2.60 bits per heavy atom. The predicted octanol–water partition coefficient (Wildman–Crippen LogP) is 3.89. The monoisotopic (exact) mass is 275 g/mol. The minimum absolute atomic E-state index is 0.312. The first-order valence-corrected chi connectivity index (χ1v) is 8.17. The summed E-state index contributed by atoms with van der Waals surface area (Å²) in [6.45, 7) is 10.9. The van der Waals surface area contributed by atoms with Crippen molar-refractivity contribution in [1.82, 2.24) is 5.32 Å². The highest BCUT2D eigenvalue weighted by Crippen LogP contribution is 2.33. The highest BCUT2D eigenvalue weighted by Gasteiger charge is 2.33. The summed E-state index contributed by atoms with van der Waals surface area (Å²) in [5, 5.41) is 3.67. The fourth-order valence-corrected chi connectivity index (χ4v) is 3.24. The van der Waals surface area contributed by atoms with Crippen LogP contribution < -0.4 is 5.32 Å². The molecule has 1 aromatic carbocycles. The van der Waals surface area contributed by atoms with Crippen LogP contribution in [0.25, 0.3) is 0 Å². The van der Waals surface area contributed by atoms with Crippen molar-refractivity contribution in [3.63, 3.8) is 0 Å². The first-order chi connectivity index (χ1) is 9.71. The molecule has 0 spiro atoms. The maximum Gasteiger partial charge on any atom is 0.0796 e. The lowest BCUT2D eigenvalue weighted by molar-refractivity contribution is 0.0609. The van der Waals surface area contributed by atoms with Crippen LogP contribution in [0.5, 0.6) is 0 Å². The van der Waals surface area contributed by atoms with Gasteiger partial charge in [-0.2, -0.15) is 0 Å². The van der Waals surface area contributed by atoms with E-state index in [4.69, 9.17) is 4.74 Å². The van der Waals surface area contributed by atoms with E-state index < -0.39 is 0 Å². The van der Waals surface area contributed by atoms with Gasteiger partial charge in [-0.05, 0) is 48.4 Å². The van der Waals surface area contributed by atoms with Gasteiger partial charge in [0.05, 0.1) is 12.1 Å². The zero-order valence-electron chi connectivity index (χ0n) is 13.4. The topological polar surface area (TPSA) is 21.3 Å². The van der Waals surface area contributed by atoms with Gasteiger partial charge in [-0.25, -0.2) is 0 Å².